The van der Waals surface area contributed by atoms with Crippen molar-refractivity contribution in [3.8, 4) is 11.5 Å². The minimum atomic E-state index is -0.798. The average molecular weight is 486 g/mol. The van der Waals surface area contributed by atoms with E-state index in [1.807, 2.05) is 63.2 Å². The fourth-order valence-electron chi connectivity index (χ4n) is 4.12. The molecule has 1 aliphatic rings. The number of carbonyl (C=O) groups is 2. The SMILES string of the molecule is CCCOc1ccc(C2/C(=C(/O)c3cccc(OCC(C)C)c3)C(=O)C(=O)N2c2ccccc2)cc1. The normalized spacial score (nSPS) is 17.0. The summed E-state index contributed by atoms with van der Waals surface area (Å²) in [4.78, 5) is 28.0. The van der Waals surface area contributed by atoms with Crippen LogP contribution in [0.5, 0.6) is 11.5 Å². The molecule has 0 aliphatic carbocycles. The molecule has 1 atom stereocenters. The number of carbonyl (C=O) groups excluding carboxylic acids is 2. The lowest BCUT2D eigenvalue weighted by atomic mass is 9.95. The van der Waals surface area contributed by atoms with Gasteiger partial charge in [0.05, 0.1) is 24.8 Å². The number of ether oxygens (including phenoxy) is 2. The Kier molecular flexibility index (Phi) is 7.74. The highest BCUT2D eigenvalue weighted by Gasteiger charge is 2.46. The van der Waals surface area contributed by atoms with E-state index in [2.05, 4.69) is 0 Å². The van der Waals surface area contributed by atoms with Crippen molar-refractivity contribution < 1.29 is 24.2 Å². The van der Waals surface area contributed by atoms with Crippen molar-refractivity contribution in [1.29, 1.82) is 0 Å². The summed E-state index contributed by atoms with van der Waals surface area (Å²) < 4.78 is 11.5. The first kappa shape index (κ1) is 25.0. The van der Waals surface area contributed by atoms with Gasteiger partial charge in [0.25, 0.3) is 11.7 Å². The van der Waals surface area contributed by atoms with E-state index >= 15 is 0 Å². The third-order valence-electron chi connectivity index (χ3n) is 5.84. The van der Waals surface area contributed by atoms with E-state index in [9.17, 15) is 14.7 Å². The first-order chi connectivity index (χ1) is 17.4. The Morgan fingerprint density at radius 2 is 1.64 bits per heavy atom. The highest BCUT2D eigenvalue weighted by atomic mass is 16.5. The summed E-state index contributed by atoms with van der Waals surface area (Å²) in [6, 6.07) is 22.4. The number of amides is 1. The van der Waals surface area contributed by atoms with Gasteiger partial charge in [-0.15, -0.1) is 0 Å². The number of rotatable bonds is 9. The van der Waals surface area contributed by atoms with Crippen molar-refractivity contribution in [3.05, 3.63) is 95.6 Å². The molecule has 6 heteroatoms. The van der Waals surface area contributed by atoms with Gasteiger partial charge in [0.15, 0.2) is 0 Å². The summed E-state index contributed by atoms with van der Waals surface area (Å²) in [6.07, 6.45) is 0.885. The van der Waals surface area contributed by atoms with Crippen molar-refractivity contribution >= 4 is 23.1 Å². The Morgan fingerprint density at radius 3 is 2.31 bits per heavy atom. The van der Waals surface area contributed by atoms with E-state index in [0.717, 1.165) is 6.42 Å². The topological polar surface area (TPSA) is 76.1 Å². The molecule has 0 saturated carbocycles. The van der Waals surface area contributed by atoms with Gasteiger partial charge < -0.3 is 14.6 Å². The van der Waals surface area contributed by atoms with Gasteiger partial charge in [0.2, 0.25) is 0 Å². The predicted molar refractivity (Wildman–Crippen MR) is 140 cm³/mol. The van der Waals surface area contributed by atoms with E-state index in [-0.39, 0.29) is 11.3 Å². The molecule has 1 amide bonds. The van der Waals surface area contributed by atoms with Gasteiger partial charge in [0, 0.05) is 11.3 Å². The molecule has 1 unspecified atom stereocenters. The zero-order valence-corrected chi connectivity index (χ0v) is 20.8. The van der Waals surface area contributed by atoms with Gasteiger partial charge in [-0.3, -0.25) is 14.5 Å². The van der Waals surface area contributed by atoms with Crippen LogP contribution in [-0.2, 0) is 9.59 Å². The third-order valence-corrected chi connectivity index (χ3v) is 5.84. The molecule has 0 aromatic heterocycles. The summed E-state index contributed by atoms with van der Waals surface area (Å²) in [5.41, 5.74) is 1.71. The second kappa shape index (κ2) is 11.1. The van der Waals surface area contributed by atoms with Crippen molar-refractivity contribution in [1.82, 2.24) is 0 Å². The molecule has 0 bridgehead atoms. The minimum absolute atomic E-state index is 0.0343. The maximum atomic E-state index is 13.3. The molecule has 4 rings (SSSR count). The van der Waals surface area contributed by atoms with Crippen LogP contribution in [0.3, 0.4) is 0 Å². The van der Waals surface area contributed by atoms with E-state index in [1.54, 1.807) is 36.4 Å². The van der Waals surface area contributed by atoms with Crippen LogP contribution in [0.4, 0.5) is 5.69 Å². The zero-order chi connectivity index (χ0) is 25.7. The molecule has 0 radical (unpaired) electrons. The third kappa shape index (κ3) is 5.28. The predicted octanol–water partition coefficient (Wildman–Crippen LogP) is 6.14. The summed E-state index contributed by atoms with van der Waals surface area (Å²) in [7, 11) is 0. The van der Waals surface area contributed by atoms with Crippen molar-refractivity contribution in [3.63, 3.8) is 0 Å². The van der Waals surface area contributed by atoms with Gasteiger partial charge in [0.1, 0.15) is 17.3 Å². The molecule has 1 saturated heterocycles. The highest BCUT2D eigenvalue weighted by Crippen LogP contribution is 2.42. The fourth-order valence-corrected chi connectivity index (χ4v) is 4.12. The summed E-state index contributed by atoms with van der Waals surface area (Å²) in [5, 5.41) is 11.4. The molecule has 3 aromatic carbocycles. The molecular formula is C30H31NO5. The first-order valence-electron chi connectivity index (χ1n) is 12.2. The number of benzene rings is 3. The molecule has 186 valence electrons. The van der Waals surface area contributed by atoms with Crippen LogP contribution in [0.25, 0.3) is 5.76 Å². The summed E-state index contributed by atoms with van der Waals surface area (Å²) in [5.74, 6) is -0.0421. The standard InChI is InChI=1S/C30H31NO5/c1-4-17-35-24-15-13-21(14-16-24)27-26(29(33)30(34)31(27)23-10-6-5-7-11-23)28(32)22-9-8-12-25(18-22)36-19-20(2)3/h5-16,18,20,27,32H,4,17,19H2,1-3H3/b28-26-. The summed E-state index contributed by atoms with van der Waals surface area (Å²) in [6.45, 7) is 7.25. The number of Topliss-reactive ketones (excluding diaryl/α,β-unsaturated/α-hetero) is 1. The largest absolute Gasteiger partial charge is 0.507 e. The fraction of sp³-hybridized carbons (Fsp3) is 0.267. The number of anilines is 1. The van der Waals surface area contributed by atoms with Crippen molar-refractivity contribution in [2.75, 3.05) is 18.1 Å². The van der Waals surface area contributed by atoms with Gasteiger partial charge in [-0.25, -0.2) is 0 Å². The Bertz CT molecular complexity index is 1250. The Hall–Kier alpha value is -4.06. The number of para-hydroxylation sites is 1. The van der Waals surface area contributed by atoms with Gasteiger partial charge in [-0.1, -0.05) is 63.2 Å². The molecule has 36 heavy (non-hydrogen) atoms. The quantitative estimate of drug-likeness (QED) is 0.224. The number of nitrogens with zero attached hydrogens (tertiary/aromatic N) is 1. The lowest BCUT2D eigenvalue weighted by molar-refractivity contribution is -0.132. The smallest absolute Gasteiger partial charge is 0.300 e. The lowest BCUT2D eigenvalue weighted by Crippen LogP contribution is -2.29. The highest BCUT2D eigenvalue weighted by molar-refractivity contribution is 6.51. The summed E-state index contributed by atoms with van der Waals surface area (Å²) >= 11 is 0. The van der Waals surface area contributed by atoms with E-state index in [0.29, 0.717) is 47.4 Å². The number of aliphatic hydroxyl groups is 1. The molecule has 0 spiro atoms. The number of hydrogen-bond donors (Lipinski definition) is 1. The molecule has 1 fully saturated rings. The van der Waals surface area contributed by atoms with Gasteiger partial charge >= 0.3 is 0 Å². The zero-order valence-electron chi connectivity index (χ0n) is 20.8. The first-order valence-corrected chi connectivity index (χ1v) is 12.2. The number of hydrogen-bond acceptors (Lipinski definition) is 5. The van der Waals surface area contributed by atoms with Crippen LogP contribution >= 0.6 is 0 Å². The second-order valence-corrected chi connectivity index (χ2v) is 9.15. The Morgan fingerprint density at radius 1 is 0.917 bits per heavy atom. The minimum Gasteiger partial charge on any atom is -0.507 e. The van der Waals surface area contributed by atoms with Crippen LogP contribution in [-0.4, -0.2) is 30.0 Å². The molecular weight excluding hydrogens is 454 g/mol. The lowest BCUT2D eigenvalue weighted by Gasteiger charge is -2.25. The van der Waals surface area contributed by atoms with Crippen LogP contribution in [0.1, 0.15) is 44.4 Å². The molecule has 1 aliphatic heterocycles. The molecule has 1 heterocycles. The maximum absolute atomic E-state index is 13.3. The number of ketones is 1. The molecule has 1 N–H and O–H groups in total. The van der Waals surface area contributed by atoms with Crippen LogP contribution in [0, 0.1) is 5.92 Å². The van der Waals surface area contributed by atoms with Gasteiger partial charge in [-0.05, 0) is 54.3 Å². The second-order valence-electron chi connectivity index (χ2n) is 9.15. The van der Waals surface area contributed by atoms with Gasteiger partial charge in [-0.2, -0.15) is 0 Å². The van der Waals surface area contributed by atoms with Crippen LogP contribution in [0.2, 0.25) is 0 Å². The van der Waals surface area contributed by atoms with E-state index in [4.69, 9.17) is 9.47 Å². The average Bonchev–Trinajstić information content (AvgIpc) is 3.17. The Labute approximate surface area is 211 Å². The Balaban J connectivity index is 1.81. The van der Waals surface area contributed by atoms with E-state index < -0.39 is 17.7 Å². The monoisotopic (exact) mass is 485 g/mol. The number of aliphatic hydroxyl groups excluding tert-OH is 1. The van der Waals surface area contributed by atoms with Crippen LogP contribution in [0.15, 0.2) is 84.4 Å². The molecule has 3 aromatic rings. The molecule has 6 nitrogen and oxygen atoms in total. The maximum Gasteiger partial charge on any atom is 0.300 e. The van der Waals surface area contributed by atoms with Crippen molar-refractivity contribution in [2.24, 2.45) is 5.92 Å². The van der Waals surface area contributed by atoms with Crippen LogP contribution < -0.4 is 14.4 Å². The van der Waals surface area contributed by atoms with Crippen molar-refractivity contribution in [2.45, 2.75) is 33.2 Å². The van der Waals surface area contributed by atoms with E-state index in [1.165, 1.54) is 4.90 Å².